The summed E-state index contributed by atoms with van der Waals surface area (Å²) < 4.78 is 6.21. The molecular formula is C30H38O3. The minimum absolute atomic E-state index is 0.0145. The Morgan fingerprint density at radius 2 is 1.52 bits per heavy atom. The second-order valence-electron chi connectivity index (χ2n) is 10.7. The molecule has 0 heterocycles. The van der Waals surface area contributed by atoms with Crippen LogP contribution in [0.1, 0.15) is 77.6 Å². The zero-order chi connectivity index (χ0) is 24.8. The van der Waals surface area contributed by atoms with Gasteiger partial charge in [0.05, 0.1) is 0 Å². The fourth-order valence-electron chi connectivity index (χ4n) is 3.29. The molecule has 0 aliphatic carbocycles. The Labute approximate surface area is 199 Å². The summed E-state index contributed by atoms with van der Waals surface area (Å²) >= 11 is 0. The zero-order valence-electron chi connectivity index (χ0n) is 21.3. The molecule has 0 amide bonds. The minimum Gasteiger partial charge on any atom is -0.489 e. The van der Waals surface area contributed by atoms with E-state index >= 15 is 0 Å². The van der Waals surface area contributed by atoms with Crippen LogP contribution in [0.2, 0.25) is 0 Å². The lowest BCUT2D eigenvalue weighted by molar-refractivity contribution is -0.131. The lowest BCUT2D eigenvalue weighted by Gasteiger charge is -2.22. The van der Waals surface area contributed by atoms with Crippen molar-refractivity contribution in [2.24, 2.45) is 0 Å². The van der Waals surface area contributed by atoms with Crippen LogP contribution in [0.5, 0.6) is 5.75 Å². The summed E-state index contributed by atoms with van der Waals surface area (Å²) in [5.74, 6) is -0.0958. The zero-order valence-corrected chi connectivity index (χ0v) is 21.3. The van der Waals surface area contributed by atoms with Crippen LogP contribution < -0.4 is 4.74 Å². The van der Waals surface area contributed by atoms with Crippen LogP contribution in [-0.2, 0) is 22.2 Å². The number of carboxylic acid groups (broad SMARTS) is 1. The maximum Gasteiger partial charge on any atom is 0.328 e. The van der Waals surface area contributed by atoms with Crippen molar-refractivity contribution in [3.8, 4) is 5.75 Å². The largest absolute Gasteiger partial charge is 0.489 e. The molecule has 0 saturated heterocycles. The molecular weight excluding hydrogens is 408 g/mol. The third kappa shape index (κ3) is 8.42. The van der Waals surface area contributed by atoms with Gasteiger partial charge in [0.2, 0.25) is 0 Å². The normalized spacial score (nSPS) is 13.5. The number of hydrogen-bond donors (Lipinski definition) is 1. The number of benzene rings is 2. The third-order valence-corrected chi connectivity index (χ3v) is 5.51. The van der Waals surface area contributed by atoms with Crippen LogP contribution >= 0.6 is 0 Å². The summed E-state index contributed by atoms with van der Waals surface area (Å²) in [5.41, 5.74) is 6.64. The molecule has 3 nitrogen and oxygen atoms in total. The maximum absolute atomic E-state index is 10.8. The van der Waals surface area contributed by atoms with Crippen molar-refractivity contribution in [3.05, 3.63) is 94.6 Å². The van der Waals surface area contributed by atoms with Gasteiger partial charge in [-0.15, -0.1) is 0 Å². The van der Waals surface area contributed by atoms with Crippen LogP contribution in [0.25, 0.3) is 5.57 Å². The van der Waals surface area contributed by atoms with E-state index in [1.807, 2.05) is 12.2 Å². The average molecular weight is 447 g/mol. The van der Waals surface area contributed by atoms with Crippen LogP contribution in [0, 0.1) is 0 Å². The fourth-order valence-corrected chi connectivity index (χ4v) is 3.29. The molecule has 176 valence electrons. The number of rotatable bonds is 7. The van der Waals surface area contributed by atoms with E-state index in [1.165, 1.54) is 17.2 Å². The van der Waals surface area contributed by atoms with Crippen LogP contribution in [0.15, 0.2) is 72.3 Å². The van der Waals surface area contributed by atoms with Crippen molar-refractivity contribution >= 4 is 11.5 Å². The first-order chi connectivity index (χ1) is 15.3. The molecule has 2 aromatic rings. The Bertz CT molecular complexity index is 1050. The highest BCUT2D eigenvalue weighted by atomic mass is 16.5. The molecule has 1 N–H and O–H groups in total. The maximum atomic E-state index is 10.8. The van der Waals surface area contributed by atoms with Crippen molar-refractivity contribution in [2.75, 3.05) is 0 Å². The van der Waals surface area contributed by atoms with E-state index in [2.05, 4.69) is 90.9 Å². The fraction of sp³-hybridized carbons (Fsp3) is 0.367. The molecule has 0 saturated carbocycles. The summed E-state index contributed by atoms with van der Waals surface area (Å²) in [5, 5.41) is 8.85. The van der Waals surface area contributed by atoms with E-state index in [0.29, 0.717) is 12.2 Å². The SMILES string of the molecule is CC(/C=C/C=C(\C)c1cc(OCc2ccc(C(C)(C)C)cc2)cc(C(C)(C)C)c1)=C\C(=O)O. The van der Waals surface area contributed by atoms with E-state index in [9.17, 15) is 4.79 Å². The molecule has 0 fully saturated rings. The molecule has 0 bridgehead atoms. The van der Waals surface area contributed by atoms with Gasteiger partial charge in [0.1, 0.15) is 12.4 Å². The Hall–Kier alpha value is -3.07. The highest BCUT2D eigenvalue weighted by molar-refractivity contribution is 5.81. The number of hydrogen-bond acceptors (Lipinski definition) is 2. The van der Waals surface area contributed by atoms with Gasteiger partial charge in [-0.3, -0.25) is 0 Å². The van der Waals surface area contributed by atoms with Crippen LogP contribution in [0.4, 0.5) is 0 Å². The van der Waals surface area contributed by atoms with Gasteiger partial charge in [0, 0.05) is 6.08 Å². The first-order valence-corrected chi connectivity index (χ1v) is 11.4. The summed E-state index contributed by atoms with van der Waals surface area (Å²) in [7, 11) is 0. The first-order valence-electron chi connectivity index (χ1n) is 11.4. The standard InChI is InChI=1S/C30H38O3/c1-21(16-28(31)32)10-9-11-22(2)24-17-26(30(6,7)8)19-27(18-24)33-20-23-12-14-25(15-13-23)29(3,4)5/h9-19H,20H2,1-8H3,(H,31,32)/b10-9+,21-16+,22-11+. The van der Waals surface area contributed by atoms with Gasteiger partial charge in [-0.25, -0.2) is 4.79 Å². The molecule has 0 radical (unpaired) electrons. The molecule has 0 spiro atoms. The molecule has 0 atom stereocenters. The molecule has 2 aromatic carbocycles. The lowest BCUT2D eigenvalue weighted by Crippen LogP contribution is -2.12. The second kappa shape index (κ2) is 10.7. The summed E-state index contributed by atoms with van der Waals surface area (Å²) in [6.45, 7) is 17.6. The highest BCUT2D eigenvalue weighted by Crippen LogP contribution is 2.31. The quantitative estimate of drug-likeness (QED) is 0.348. The molecule has 0 aliphatic heterocycles. The lowest BCUT2D eigenvalue weighted by atomic mass is 9.85. The monoisotopic (exact) mass is 446 g/mol. The smallest absolute Gasteiger partial charge is 0.328 e. The number of allylic oxidation sites excluding steroid dienone is 5. The number of aliphatic carboxylic acids is 1. The van der Waals surface area contributed by atoms with E-state index in [1.54, 1.807) is 13.0 Å². The van der Waals surface area contributed by atoms with Gasteiger partial charge in [-0.1, -0.05) is 90.1 Å². The highest BCUT2D eigenvalue weighted by Gasteiger charge is 2.17. The van der Waals surface area contributed by atoms with Gasteiger partial charge in [0.25, 0.3) is 0 Å². The van der Waals surface area contributed by atoms with Crippen LogP contribution in [-0.4, -0.2) is 11.1 Å². The van der Waals surface area contributed by atoms with E-state index in [-0.39, 0.29) is 10.8 Å². The number of carbonyl (C=O) groups is 1. The Kier molecular flexibility index (Phi) is 8.49. The van der Waals surface area contributed by atoms with E-state index in [4.69, 9.17) is 9.84 Å². The molecule has 2 rings (SSSR count). The third-order valence-electron chi connectivity index (χ3n) is 5.51. The Morgan fingerprint density at radius 1 is 0.909 bits per heavy atom. The second-order valence-corrected chi connectivity index (χ2v) is 10.7. The van der Waals surface area contributed by atoms with Crippen molar-refractivity contribution in [2.45, 2.75) is 72.8 Å². The van der Waals surface area contributed by atoms with Crippen molar-refractivity contribution in [1.82, 2.24) is 0 Å². The Morgan fingerprint density at radius 3 is 2.06 bits per heavy atom. The molecule has 3 heteroatoms. The predicted octanol–water partition coefficient (Wildman–Crippen LogP) is 7.85. The van der Waals surface area contributed by atoms with Gasteiger partial charge >= 0.3 is 5.97 Å². The van der Waals surface area contributed by atoms with Gasteiger partial charge < -0.3 is 9.84 Å². The summed E-state index contributed by atoms with van der Waals surface area (Å²) in [6, 6.07) is 15.0. The molecule has 0 unspecified atom stereocenters. The number of carboxylic acids is 1. The molecule has 0 aliphatic rings. The minimum atomic E-state index is -0.939. The van der Waals surface area contributed by atoms with E-state index in [0.717, 1.165) is 22.4 Å². The predicted molar refractivity (Wildman–Crippen MR) is 139 cm³/mol. The van der Waals surface area contributed by atoms with E-state index < -0.39 is 5.97 Å². The topological polar surface area (TPSA) is 46.5 Å². The van der Waals surface area contributed by atoms with Crippen molar-refractivity contribution in [1.29, 1.82) is 0 Å². The van der Waals surface area contributed by atoms with Crippen LogP contribution in [0.3, 0.4) is 0 Å². The van der Waals surface area contributed by atoms with Gasteiger partial charge in [-0.05, 0) is 70.2 Å². The molecule has 0 aromatic heterocycles. The van der Waals surface area contributed by atoms with Gasteiger partial charge in [-0.2, -0.15) is 0 Å². The first kappa shape index (κ1) is 26.2. The average Bonchev–Trinajstić information content (AvgIpc) is 2.70. The summed E-state index contributed by atoms with van der Waals surface area (Å²) in [4.78, 5) is 10.8. The summed E-state index contributed by atoms with van der Waals surface area (Å²) in [6.07, 6.45) is 6.87. The van der Waals surface area contributed by atoms with Crippen molar-refractivity contribution in [3.63, 3.8) is 0 Å². The van der Waals surface area contributed by atoms with Gasteiger partial charge in [0.15, 0.2) is 0 Å². The van der Waals surface area contributed by atoms with Crippen molar-refractivity contribution < 1.29 is 14.6 Å². The Balaban J connectivity index is 2.27. The molecule has 33 heavy (non-hydrogen) atoms. The number of ether oxygens (including phenoxy) is 1.